The molecule has 0 saturated heterocycles. The van der Waals surface area contributed by atoms with E-state index in [4.69, 9.17) is 5.84 Å². The zero-order valence-corrected chi connectivity index (χ0v) is 12.1. The van der Waals surface area contributed by atoms with Crippen LogP contribution in [0.15, 0.2) is 48.5 Å². The fourth-order valence-corrected chi connectivity index (χ4v) is 2.09. The maximum absolute atomic E-state index is 11.4. The van der Waals surface area contributed by atoms with Crippen molar-refractivity contribution in [3.05, 3.63) is 65.5 Å². The van der Waals surface area contributed by atoms with Crippen molar-refractivity contribution in [3.8, 4) is 0 Å². The average Bonchev–Trinajstić information content (AvgIpc) is 2.53. The Labute approximate surface area is 124 Å². The Bertz CT molecular complexity index is 586. The molecule has 2 aromatic rings. The molecule has 0 aliphatic heterocycles. The molecule has 110 valence electrons. The quantitative estimate of drug-likeness (QED) is 0.477. The number of hydrazine groups is 1. The molecule has 0 aliphatic carbocycles. The van der Waals surface area contributed by atoms with Crippen molar-refractivity contribution < 1.29 is 4.79 Å². The number of carbonyl (C=O) groups is 1. The van der Waals surface area contributed by atoms with Crippen LogP contribution in [-0.4, -0.2) is 29.4 Å². The summed E-state index contributed by atoms with van der Waals surface area (Å²) in [5, 5.41) is 0. The second-order valence-corrected chi connectivity index (χ2v) is 4.96. The van der Waals surface area contributed by atoms with Crippen LogP contribution in [-0.2, 0) is 13.0 Å². The highest BCUT2D eigenvalue weighted by Gasteiger charge is 2.07. The largest absolute Gasteiger partial charge is 0.300 e. The number of pyridine rings is 1. The van der Waals surface area contributed by atoms with E-state index in [-0.39, 0.29) is 5.91 Å². The molecule has 1 aromatic carbocycles. The van der Waals surface area contributed by atoms with Gasteiger partial charge in [-0.25, -0.2) is 10.8 Å². The van der Waals surface area contributed by atoms with E-state index in [2.05, 4.69) is 27.4 Å². The average molecular weight is 284 g/mol. The first kappa shape index (κ1) is 15.2. The maximum Gasteiger partial charge on any atom is 0.283 e. The molecule has 1 aromatic heterocycles. The Balaban J connectivity index is 1.90. The van der Waals surface area contributed by atoms with E-state index in [0.29, 0.717) is 12.2 Å². The standard InChI is InChI=1S/C16H20N4O/c1-20(11-10-13-6-3-2-4-7-13)12-14-8-5-9-15(18-14)16(21)19-17/h2-9H,10-12,17H2,1H3,(H,19,21). The number of nitrogens with one attached hydrogen (secondary N) is 1. The predicted octanol–water partition coefficient (Wildman–Crippen LogP) is 1.36. The van der Waals surface area contributed by atoms with Crippen molar-refractivity contribution in [1.29, 1.82) is 0 Å². The summed E-state index contributed by atoms with van der Waals surface area (Å²) in [7, 11) is 2.04. The molecule has 2 rings (SSSR count). The number of hydrogen-bond acceptors (Lipinski definition) is 4. The van der Waals surface area contributed by atoms with Gasteiger partial charge in [-0.1, -0.05) is 36.4 Å². The number of amides is 1. The van der Waals surface area contributed by atoms with Crippen molar-refractivity contribution in [2.24, 2.45) is 5.84 Å². The number of aromatic nitrogens is 1. The van der Waals surface area contributed by atoms with Crippen molar-refractivity contribution in [1.82, 2.24) is 15.3 Å². The zero-order valence-electron chi connectivity index (χ0n) is 12.1. The molecule has 0 bridgehead atoms. The lowest BCUT2D eigenvalue weighted by Crippen LogP contribution is -2.31. The molecule has 1 amide bonds. The normalized spacial score (nSPS) is 10.6. The molecule has 5 nitrogen and oxygen atoms in total. The Morgan fingerprint density at radius 2 is 1.95 bits per heavy atom. The highest BCUT2D eigenvalue weighted by Crippen LogP contribution is 2.05. The number of hydrogen-bond donors (Lipinski definition) is 2. The van der Waals surface area contributed by atoms with Gasteiger partial charge in [0.1, 0.15) is 5.69 Å². The number of benzene rings is 1. The van der Waals surface area contributed by atoms with Gasteiger partial charge in [-0.15, -0.1) is 0 Å². The lowest BCUT2D eigenvalue weighted by molar-refractivity contribution is 0.0948. The summed E-state index contributed by atoms with van der Waals surface area (Å²) in [5.41, 5.74) is 4.60. The van der Waals surface area contributed by atoms with Crippen LogP contribution in [0.4, 0.5) is 0 Å². The highest BCUT2D eigenvalue weighted by molar-refractivity contribution is 5.91. The van der Waals surface area contributed by atoms with E-state index in [1.165, 1.54) is 5.56 Å². The predicted molar refractivity (Wildman–Crippen MR) is 82.4 cm³/mol. The van der Waals surface area contributed by atoms with Gasteiger partial charge < -0.3 is 4.90 Å². The van der Waals surface area contributed by atoms with Gasteiger partial charge in [0.15, 0.2) is 0 Å². The van der Waals surface area contributed by atoms with Crippen molar-refractivity contribution in [3.63, 3.8) is 0 Å². The maximum atomic E-state index is 11.4. The fraction of sp³-hybridized carbons (Fsp3) is 0.250. The Kier molecular flexibility index (Phi) is 5.43. The van der Waals surface area contributed by atoms with Crippen LogP contribution in [0.1, 0.15) is 21.7 Å². The number of rotatable bonds is 6. The lowest BCUT2D eigenvalue weighted by Gasteiger charge is -2.16. The van der Waals surface area contributed by atoms with Crippen molar-refractivity contribution in [2.45, 2.75) is 13.0 Å². The van der Waals surface area contributed by atoms with Crippen LogP contribution in [0.2, 0.25) is 0 Å². The molecule has 21 heavy (non-hydrogen) atoms. The third kappa shape index (κ3) is 4.66. The number of likely N-dealkylation sites (N-methyl/N-ethyl adjacent to an activating group) is 1. The van der Waals surface area contributed by atoms with E-state index in [1.807, 2.05) is 37.4 Å². The zero-order chi connectivity index (χ0) is 15.1. The van der Waals surface area contributed by atoms with E-state index in [1.54, 1.807) is 6.07 Å². The number of nitrogens with two attached hydrogens (primary N) is 1. The van der Waals surface area contributed by atoms with E-state index in [9.17, 15) is 4.79 Å². The second kappa shape index (κ2) is 7.52. The summed E-state index contributed by atoms with van der Waals surface area (Å²) in [4.78, 5) is 17.9. The van der Waals surface area contributed by atoms with E-state index >= 15 is 0 Å². The van der Waals surface area contributed by atoms with Crippen LogP contribution >= 0.6 is 0 Å². The molecule has 0 saturated carbocycles. The molecule has 0 atom stereocenters. The van der Waals surface area contributed by atoms with Gasteiger partial charge in [0, 0.05) is 13.1 Å². The number of nitrogens with zero attached hydrogens (tertiary/aromatic N) is 2. The third-order valence-corrected chi connectivity index (χ3v) is 3.23. The molecule has 1 heterocycles. The highest BCUT2D eigenvalue weighted by atomic mass is 16.2. The van der Waals surface area contributed by atoms with Crippen molar-refractivity contribution >= 4 is 5.91 Å². The van der Waals surface area contributed by atoms with Crippen LogP contribution in [0, 0.1) is 0 Å². The molecule has 0 unspecified atom stereocenters. The monoisotopic (exact) mass is 284 g/mol. The minimum Gasteiger partial charge on any atom is -0.300 e. The molecular formula is C16H20N4O. The van der Waals surface area contributed by atoms with Gasteiger partial charge in [0.05, 0.1) is 5.69 Å². The first-order chi connectivity index (χ1) is 10.2. The third-order valence-electron chi connectivity index (χ3n) is 3.23. The topological polar surface area (TPSA) is 71.2 Å². The molecule has 0 fully saturated rings. The Morgan fingerprint density at radius 1 is 1.19 bits per heavy atom. The summed E-state index contributed by atoms with van der Waals surface area (Å²) in [6.45, 7) is 1.62. The minimum atomic E-state index is -0.371. The fourth-order valence-electron chi connectivity index (χ4n) is 2.09. The van der Waals surface area contributed by atoms with Gasteiger partial charge in [-0.2, -0.15) is 0 Å². The van der Waals surface area contributed by atoms with Gasteiger partial charge in [0.25, 0.3) is 5.91 Å². The SMILES string of the molecule is CN(CCc1ccccc1)Cc1cccc(C(=O)NN)n1. The van der Waals surface area contributed by atoms with Crippen molar-refractivity contribution in [2.75, 3.05) is 13.6 Å². The van der Waals surface area contributed by atoms with E-state index in [0.717, 1.165) is 18.7 Å². The van der Waals surface area contributed by atoms with Gasteiger partial charge in [-0.05, 0) is 31.2 Å². The minimum absolute atomic E-state index is 0.339. The van der Waals surface area contributed by atoms with Crippen LogP contribution in [0.3, 0.4) is 0 Å². The molecule has 5 heteroatoms. The molecule has 0 radical (unpaired) electrons. The molecular weight excluding hydrogens is 264 g/mol. The first-order valence-corrected chi connectivity index (χ1v) is 6.88. The van der Waals surface area contributed by atoms with Crippen LogP contribution < -0.4 is 11.3 Å². The Morgan fingerprint density at radius 3 is 2.67 bits per heavy atom. The molecule has 0 aliphatic rings. The second-order valence-electron chi connectivity index (χ2n) is 4.96. The summed E-state index contributed by atoms with van der Waals surface area (Å²) in [5.74, 6) is 4.75. The summed E-state index contributed by atoms with van der Waals surface area (Å²) in [6.07, 6.45) is 0.986. The van der Waals surface area contributed by atoms with Gasteiger partial charge in [-0.3, -0.25) is 10.2 Å². The van der Waals surface area contributed by atoms with E-state index < -0.39 is 0 Å². The van der Waals surface area contributed by atoms with Gasteiger partial charge >= 0.3 is 0 Å². The Hall–Kier alpha value is -2.24. The molecule has 3 N–H and O–H groups in total. The number of nitrogen functional groups attached to an aromatic ring is 1. The summed E-state index contributed by atoms with van der Waals surface area (Å²) in [6, 6.07) is 15.7. The molecule has 0 spiro atoms. The first-order valence-electron chi connectivity index (χ1n) is 6.88. The summed E-state index contributed by atoms with van der Waals surface area (Å²) >= 11 is 0. The van der Waals surface area contributed by atoms with Crippen LogP contribution in [0.5, 0.6) is 0 Å². The summed E-state index contributed by atoms with van der Waals surface area (Å²) < 4.78 is 0. The smallest absolute Gasteiger partial charge is 0.283 e. The number of carbonyl (C=O) groups excluding carboxylic acids is 1. The van der Waals surface area contributed by atoms with Gasteiger partial charge in [0.2, 0.25) is 0 Å². The lowest BCUT2D eigenvalue weighted by atomic mass is 10.1. The van der Waals surface area contributed by atoms with Crippen LogP contribution in [0.25, 0.3) is 0 Å².